The van der Waals surface area contributed by atoms with Crippen LogP contribution in [0.1, 0.15) is 42.8 Å². The Labute approximate surface area is 176 Å². The standard InChI is InChI=1S/C20H22N4O2.2ClH/c21-15(13-5-2-1-3-6-13)12-19(25)22-14-8-9-16-17(11-14)24-20(23-16)18-7-4-10-26-18;;/h1-3,5-6,8-9,11,15,18H,4,7,10,12,21H2,(H,22,25)(H,23,24);2*1H. The number of carbonyl (C=O) groups excluding carboxylic acids is 1. The number of halogens is 2. The highest BCUT2D eigenvalue weighted by Crippen LogP contribution is 2.28. The highest BCUT2D eigenvalue weighted by Gasteiger charge is 2.21. The minimum Gasteiger partial charge on any atom is -0.370 e. The number of ether oxygens (including phenoxy) is 1. The van der Waals surface area contributed by atoms with Crippen LogP contribution >= 0.6 is 24.8 Å². The average Bonchev–Trinajstić information content (AvgIpc) is 3.31. The zero-order valence-corrected chi connectivity index (χ0v) is 16.9. The molecular weight excluding hydrogens is 399 g/mol. The van der Waals surface area contributed by atoms with Crippen molar-refractivity contribution in [2.45, 2.75) is 31.4 Å². The van der Waals surface area contributed by atoms with Gasteiger partial charge in [0.2, 0.25) is 5.91 Å². The van der Waals surface area contributed by atoms with Crippen LogP contribution in [0.2, 0.25) is 0 Å². The summed E-state index contributed by atoms with van der Waals surface area (Å²) in [4.78, 5) is 20.2. The first-order valence-electron chi connectivity index (χ1n) is 8.91. The molecule has 2 atom stereocenters. The minimum atomic E-state index is -0.321. The summed E-state index contributed by atoms with van der Waals surface area (Å²) >= 11 is 0. The number of aromatic amines is 1. The van der Waals surface area contributed by atoms with Crippen LogP contribution in [0.3, 0.4) is 0 Å². The molecule has 0 bridgehead atoms. The number of nitrogens with two attached hydrogens (primary N) is 1. The van der Waals surface area contributed by atoms with Crippen molar-refractivity contribution in [2.75, 3.05) is 11.9 Å². The van der Waals surface area contributed by atoms with Gasteiger partial charge in [0.05, 0.1) is 11.0 Å². The summed E-state index contributed by atoms with van der Waals surface area (Å²) in [5.74, 6) is 0.742. The number of aromatic nitrogens is 2. The predicted octanol–water partition coefficient (Wildman–Crippen LogP) is 4.29. The maximum atomic E-state index is 12.3. The number of carbonyl (C=O) groups is 1. The molecule has 1 aliphatic heterocycles. The van der Waals surface area contributed by atoms with Crippen LogP contribution in [0.25, 0.3) is 11.0 Å². The summed E-state index contributed by atoms with van der Waals surface area (Å²) in [6, 6.07) is 15.0. The number of rotatable bonds is 5. The summed E-state index contributed by atoms with van der Waals surface area (Å²) in [5, 5.41) is 2.92. The van der Waals surface area contributed by atoms with Crippen LogP contribution in [0.4, 0.5) is 5.69 Å². The van der Waals surface area contributed by atoms with E-state index in [-0.39, 0.29) is 49.3 Å². The van der Waals surface area contributed by atoms with Crippen LogP contribution in [-0.4, -0.2) is 22.5 Å². The molecule has 1 saturated heterocycles. The molecule has 3 aromatic rings. The maximum Gasteiger partial charge on any atom is 0.226 e. The largest absolute Gasteiger partial charge is 0.370 e. The van der Waals surface area contributed by atoms with Gasteiger partial charge >= 0.3 is 0 Å². The fourth-order valence-electron chi connectivity index (χ4n) is 3.28. The Balaban J connectivity index is 0.00000140. The molecule has 2 unspecified atom stereocenters. The molecule has 150 valence electrons. The maximum absolute atomic E-state index is 12.3. The number of hydrogen-bond acceptors (Lipinski definition) is 4. The number of benzene rings is 2. The van der Waals surface area contributed by atoms with Gasteiger partial charge in [-0.15, -0.1) is 24.8 Å². The average molecular weight is 423 g/mol. The van der Waals surface area contributed by atoms with Crippen molar-refractivity contribution in [3.05, 3.63) is 59.9 Å². The second-order valence-corrected chi connectivity index (χ2v) is 6.63. The van der Waals surface area contributed by atoms with E-state index in [1.54, 1.807) is 0 Å². The van der Waals surface area contributed by atoms with Gasteiger partial charge in [0, 0.05) is 24.8 Å². The first kappa shape index (κ1) is 22.2. The number of nitrogens with one attached hydrogen (secondary N) is 2. The number of H-pyrrole nitrogens is 1. The molecule has 1 amide bonds. The van der Waals surface area contributed by atoms with E-state index in [1.165, 1.54) is 0 Å². The van der Waals surface area contributed by atoms with Gasteiger partial charge < -0.3 is 20.8 Å². The Kier molecular flexibility index (Phi) is 7.83. The fraction of sp³-hybridized carbons (Fsp3) is 0.300. The van der Waals surface area contributed by atoms with Crippen LogP contribution < -0.4 is 11.1 Å². The lowest BCUT2D eigenvalue weighted by atomic mass is 10.0. The first-order chi connectivity index (χ1) is 12.7. The molecule has 2 heterocycles. The molecule has 0 radical (unpaired) electrons. The van der Waals surface area contributed by atoms with Gasteiger partial charge in [-0.2, -0.15) is 0 Å². The van der Waals surface area contributed by atoms with Crippen molar-refractivity contribution in [1.82, 2.24) is 9.97 Å². The van der Waals surface area contributed by atoms with Crippen molar-refractivity contribution in [3.8, 4) is 0 Å². The van der Waals surface area contributed by atoms with E-state index in [0.717, 1.165) is 47.6 Å². The van der Waals surface area contributed by atoms with Gasteiger partial charge in [0.15, 0.2) is 0 Å². The topological polar surface area (TPSA) is 93.0 Å². The number of imidazole rings is 1. The number of fused-ring (bicyclic) bond motifs is 1. The normalized spacial score (nSPS) is 16.8. The zero-order valence-electron chi connectivity index (χ0n) is 15.3. The lowest BCUT2D eigenvalue weighted by Gasteiger charge is -2.12. The van der Waals surface area contributed by atoms with E-state index in [2.05, 4.69) is 15.3 Å². The third-order valence-corrected chi connectivity index (χ3v) is 4.65. The second-order valence-electron chi connectivity index (χ2n) is 6.63. The molecule has 1 aliphatic rings. The minimum absolute atomic E-state index is 0. The smallest absolute Gasteiger partial charge is 0.226 e. The van der Waals surface area contributed by atoms with Crippen LogP contribution in [0.15, 0.2) is 48.5 Å². The third kappa shape index (κ3) is 5.02. The number of anilines is 1. The van der Waals surface area contributed by atoms with Gasteiger partial charge in [-0.1, -0.05) is 30.3 Å². The van der Waals surface area contributed by atoms with Crippen molar-refractivity contribution >= 4 is 47.4 Å². The molecule has 0 spiro atoms. The van der Waals surface area contributed by atoms with Gasteiger partial charge in [-0.25, -0.2) is 4.98 Å². The summed E-state index contributed by atoms with van der Waals surface area (Å²) in [6.45, 7) is 0.782. The number of amides is 1. The summed E-state index contributed by atoms with van der Waals surface area (Å²) in [7, 11) is 0. The third-order valence-electron chi connectivity index (χ3n) is 4.65. The Bertz CT molecular complexity index is 911. The molecule has 1 aromatic heterocycles. The predicted molar refractivity (Wildman–Crippen MR) is 115 cm³/mol. The SMILES string of the molecule is Cl.Cl.NC(CC(=O)Nc1ccc2nc(C3CCCO3)[nH]c2c1)c1ccccc1. The summed E-state index contributed by atoms with van der Waals surface area (Å²) in [6.07, 6.45) is 2.32. The van der Waals surface area contributed by atoms with E-state index in [4.69, 9.17) is 10.5 Å². The molecule has 4 rings (SSSR count). The zero-order chi connectivity index (χ0) is 17.9. The molecule has 4 N–H and O–H groups in total. The number of nitrogens with zero attached hydrogens (tertiary/aromatic N) is 1. The monoisotopic (exact) mass is 422 g/mol. The number of hydrogen-bond donors (Lipinski definition) is 3. The van der Waals surface area contributed by atoms with Gasteiger partial charge in [0.1, 0.15) is 11.9 Å². The second kappa shape index (κ2) is 9.89. The van der Waals surface area contributed by atoms with Crippen molar-refractivity contribution in [2.24, 2.45) is 5.73 Å². The van der Waals surface area contributed by atoms with E-state index < -0.39 is 0 Å². The Hall–Kier alpha value is -2.12. The lowest BCUT2D eigenvalue weighted by Crippen LogP contribution is -2.20. The van der Waals surface area contributed by atoms with E-state index in [9.17, 15) is 4.79 Å². The molecule has 28 heavy (non-hydrogen) atoms. The van der Waals surface area contributed by atoms with E-state index in [1.807, 2.05) is 48.5 Å². The molecule has 0 saturated carbocycles. The highest BCUT2D eigenvalue weighted by atomic mass is 35.5. The molecule has 0 aliphatic carbocycles. The van der Waals surface area contributed by atoms with Crippen LogP contribution in [-0.2, 0) is 9.53 Å². The van der Waals surface area contributed by atoms with E-state index in [0.29, 0.717) is 0 Å². The fourth-order valence-corrected chi connectivity index (χ4v) is 3.28. The molecule has 6 nitrogen and oxygen atoms in total. The summed E-state index contributed by atoms with van der Waals surface area (Å²) in [5.41, 5.74) is 9.56. The van der Waals surface area contributed by atoms with E-state index >= 15 is 0 Å². The van der Waals surface area contributed by atoms with Crippen molar-refractivity contribution in [3.63, 3.8) is 0 Å². The molecule has 1 fully saturated rings. The highest BCUT2D eigenvalue weighted by molar-refractivity contribution is 5.93. The summed E-state index contributed by atoms with van der Waals surface area (Å²) < 4.78 is 5.67. The molecular formula is C20H24Cl2N4O2. The van der Waals surface area contributed by atoms with Gasteiger partial charge in [-0.05, 0) is 36.6 Å². The quantitative estimate of drug-likeness (QED) is 0.571. The van der Waals surface area contributed by atoms with Crippen molar-refractivity contribution < 1.29 is 9.53 Å². The Morgan fingerprint density at radius 3 is 2.75 bits per heavy atom. The van der Waals surface area contributed by atoms with Gasteiger partial charge in [0.25, 0.3) is 0 Å². The molecule has 8 heteroatoms. The van der Waals surface area contributed by atoms with Crippen LogP contribution in [0, 0.1) is 0 Å². The van der Waals surface area contributed by atoms with Crippen LogP contribution in [0.5, 0.6) is 0 Å². The van der Waals surface area contributed by atoms with Crippen molar-refractivity contribution in [1.29, 1.82) is 0 Å². The Morgan fingerprint density at radius 1 is 1.25 bits per heavy atom. The first-order valence-corrected chi connectivity index (χ1v) is 8.91. The van der Waals surface area contributed by atoms with Gasteiger partial charge in [-0.3, -0.25) is 4.79 Å². The lowest BCUT2D eigenvalue weighted by molar-refractivity contribution is -0.116. The molecule has 2 aromatic carbocycles. The Morgan fingerprint density at radius 2 is 2.04 bits per heavy atom.